The molecule has 2 unspecified atom stereocenters. The minimum Gasteiger partial charge on any atom is -0.457 e. The predicted molar refractivity (Wildman–Crippen MR) is 178 cm³/mol. The van der Waals surface area contributed by atoms with Crippen molar-refractivity contribution < 1.29 is 43.1 Å². The van der Waals surface area contributed by atoms with Crippen LogP contribution in [0.1, 0.15) is 30.0 Å². The number of ether oxygens (including phenoxy) is 6. The van der Waals surface area contributed by atoms with Gasteiger partial charge in [-0.05, 0) is 23.6 Å². The number of aliphatic hydroxyl groups is 1. The first-order valence-corrected chi connectivity index (χ1v) is 15.8. The molecule has 4 rings (SSSR count). The van der Waals surface area contributed by atoms with Gasteiger partial charge in [-0.3, -0.25) is 4.79 Å². The number of hydrogen-bond donors (Lipinski definition) is 2. The van der Waals surface area contributed by atoms with Crippen LogP contribution in [0.3, 0.4) is 0 Å². The first-order valence-electron chi connectivity index (χ1n) is 15.4. The fourth-order valence-electron chi connectivity index (χ4n) is 4.90. The number of carbonyl (C=O) groups is 2. The Hall–Kier alpha value is -3.97. The van der Waals surface area contributed by atoms with E-state index in [9.17, 15) is 14.7 Å². The van der Waals surface area contributed by atoms with Crippen LogP contribution in [-0.4, -0.2) is 72.0 Å². The van der Waals surface area contributed by atoms with Crippen LogP contribution in [0.15, 0.2) is 104 Å². The summed E-state index contributed by atoms with van der Waals surface area (Å²) in [7, 11) is 0. The largest absolute Gasteiger partial charge is 0.457 e. The second-order valence-electron chi connectivity index (χ2n) is 10.9. The molecule has 47 heavy (non-hydrogen) atoms. The minimum atomic E-state index is -1.30. The highest BCUT2D eigenvalue weighted by molar-refractivity contribution is 7.80. The average Bonchev–Trinajstić information content (AvgIpc) is 3.09. The van der Waals surface area contributed by atoms with Crippen molar-refractivity contribution in [2.24, 2.45) is 0 Å². The average molecular weight is 664 g/mol. The molecule has 10 nitrogen and oxygen atoms in total. The van der Waals surface area contributed by atoms with E-state index in [0.717, 1.165) is 16.7 Å². The Bertz CT molecular complexity index is 1410. The molecule has 2 N–H and O–H groups in total. The summed E-state index contributed by atoms with van der Waals surface area (Å²) in [5, 5.41) is 13.7. The summed E-state index contributed by atoms with van der Waals surface area (Å²) >= 11 is 5.31. The van der Waals surface area contributed by atoms with E-state index in [2.05, 4.69) is 11.9 Å². The smallest absolute Gasteiger partial charge is 0.407 e. The summed E-state index contributed by atoms with van der Waals surface area (Å²) in [6.07, 6.45) is -5.77. The fourth-order valence-corrected chi connectivity index (χ4v) is 5.04. The molecule has 0 aromatic heterocycles. The first-order chi connectivity index (χ1) is 22.9. The summed E-state index contributed by atoms with van der Waals surface area (Å²) in [6.45, 7) is 5.80. The van der Waals surface area contributed by atoms with Crippen molar-refractivity contribution in [3.05, 3.63) is 120 Å². The summed E-state index contributed by atoms with van der Waals surface area (Å²) in [5.41, 5.74) is 2.60. The lowest BCUT2D eigenvalue weighted by Crippen LogP contribution is -2.64. The number of hydrogen-bond acceptors (Lipinski definition) is 10. The van der Waals surface area contributed by atoms with Crippen LogP contribution in [0.2, 0.25) is 0 Å². The maximum absolute atomic E-state index is 13.2. The quantitative estimate of drug-likeness (QED) is 0.115. The number of alkyl carbamates (subject to hydrolysis) is 1. The minimum absolute atomic E-state index is 0.0476. The van der Waals surface area contributed by atoms with E-state index in [1.807, 2.05) is 91.0 Å². The molecule has 1 heterocycles. The molecular formula is C36H41NO9S. The van der Waals surface area contributed by atoms with Crippen LogP contribution in [-0.2, 0) is 53.0 Å². The van der Waals surface area contributed by atoms with Crippen molar-refractivity contribution in [1.82, 2.24) is 5.32 Å². The molecular weight excluding hydrogens is 622 g/mol. The van der Waals surface area contributed by atoms with E-state index in [1.54, 1.807) is 13.0 Å². The second-order valence-corrected chi connectivity index (χ2v) is 11.5. The van der Waals surface area contributed by atoms with E-state index >= 15 is 0 Å². The molecule has 0 saturated carbocycles. The highest BCUT2D eigenvalue weighted by Crippen LogP contribution is 2.32. The van der Waals surface area contributed by atoms with Gasteiger partial charge in [0, 0.05) is 11.4 Å². The van der Waals surface area contributed by atoms with Crippen molar-refractivity contribution in [1.29, 1.82) is 0 Å². The molecule has 3 aromatic carbocycles. The van der Waals surface area contributed by atoms with E-state index in [0.29, 0.717) is 0 Å². The molecule has 250 valence electrons. The predicted octanol–water partition coefficient (Wildman–Crippen LogP) is 5.06. The topological polar surface area (TPSA) is 122 Å². The van der Waals surface area contributed by atoms with Crippen LogP contribution in [0, 0.1) is 0 Å². The molecule has 3 aromatic rings. The number of esters is 1. The van der Waals surface area contributed by atoms with Gasteiger partial charge in [0.25, 0.3) is 0 Å². The number of thiocarbonyl (C=S) groups is 1. The molecule has 0 bridgehead atoms. The Morgan fingerprint density at radius 3 is 1.91 bits per heavy atom. The summed E-state index contributed by atoms with van der Waals surface area (Å²) in [4.78, 5) is 25.7. The molecule has 0 radical (unpaired) electrons. The lowest BCUT2D eigenvalue weighted by Gasteiger charge is -2.46. The maximum Gasteiger partial charge on any atom is 0.407 e. The number of carbonyl (C=O) groups excluding carboxylic acids is 2. The van der Waals surface area contributed by atoms with Crippen molar-refractivity contribution in [2.45, 2.75) is 70.0 Å². The van der Waals surface area contributed by atoms with Gasteiger partial charge in [-0.2, -0.15) is 0 Å². The lowest BCUT2D eigenvalue weighted by molar-refractivity contribution is -0.322. The Morgan fingerprint density at radius 1 is 0.851 bits per heavy atom. The van der Waals surface area contributed by atoms with Gasteiger partial charge < -0.3 is 38.8 Å². The standard InChI is InChI=1S/C36H41NO9S/c1-3-21-41-35-34(43-23-27-15-9-5-10-16-27)32(42-22-26-13-7-4-8-14-26)33(31(46-35)30(39)25(2)47)45-29(38)19-20-37-36(40)44-24-28-17-11-6-12-18-28/h3-18,30-35,39H,1,19-24H2,2H3,(H,37,40)/t30?,31-,32+,33-,34-,35?/m1/s1. The highest BCUT2D eigenvalue weighted by Gasteiger charge is 2.52. The van der Waals surface area contributed by atoms with Crippen molar-refractivity contribution in [3.8, 4) is 0 Å². The third-order valence-corrected chi connectivity index (χ3v) is 7.53. The van der Waals surface area contributed by atoms with Crippen LogP contribution in [0.4, 0.5) is 4.79 Å². The van der Waals surface area contributed by atoms with E-state index in [1.165, 1.54) is 0 Å². The van der Waals surface area contributed by atoms with Gasteiger partial charge in [0.2, 0.25) is 0 Å². The molecule has 1 aliphatic heterocycles. The zero-order valence-corrected chi connectivity index (χ0v) is 27.1. The Kier molecular flexibility index (Phi) is 14.5. The van der Waals surface area contributed by atoms with Crippen LogP contribution >= 0.6 is 12.2 Å². The van der Waals surface area contributed by atoms with Crippen LogP contribution < -0.4 is 5.32 Å². The number of benzene rings is 3. The van der Waals surface area contributed by atoms with Crippen LogP contribution in [0.25, 0.3) is 0 Å². The van der Waals surface area contributed by atoms with Gasteiger partial charge in [0.1, 0.15) is 31.0 Å². The molecule has 1 aliphatic rings. The van der Waals surface area contributed by atoms with Gasteiger partial charge >= 0.3 is 12.1 Å². The molecule has 1 amide bonds. The van der Waals surface area contributed by atoms with Gasteiger partial charge in [-0.1, -0.05) is 109 Å². The molecule has 6 atom stereocenters. The number of rotatable bonds is 17. The second kappa shape index (κ2) is 19.0. The number of nitrogens with one attached hydrogen (secondary N) is 1. The third-order valence-electron chi connectivity index (χ3n) is 7.29. The zero-order valence-electron chi connectivity index (χ0n) is 26.3. The van der Waals surface area contributed by atoms with Crippen molar-refractivity contribution in [2.75, 3.05) is 13.2 Å². The monoisotopic (exact) mass is 663 g/mol. The van der Waals surface area contributed by atoms with E-state index in [-0.39, 0.29) is 44.3 Å². The molecule has 1 fully saturated rings. The number of amides is 1. The highest BCUT2D eigenvalue weighted by atomic mass is 32.1. The Labute approximate surface area is 280 Å². The normalized spacial score (nSPS) is 21.3. The zero-order chi connectivity index (χ0) is 33.4. The van der Waals surface area contributed by atoms with Gasteiger partial charge in [0.05, 0.1) is 26.2 Å². The van der Waals surface area contributed by atoms with Crippen molar-refractivity contribution in [3.63, 3.8) is 0 Å². The molecule has 0 aliphatic carbocycles. The van der Waals surface area contributed by atoms with Gasteiger partial charge in [0.15, 0.2) is 12.4 Å². The van der Waals surface area contributed by atoms with E-state index in [4.69, 9.17) is 40.6 Å². The Morgan fingerprint density at radius 2 is 1.38 bits per heavy atom. The van der Waals surface area contributed by atoms with Gasteiger partial charge in [-0.15, -0.1) is 6.58 Å². The summed E-state index contributed by atoms with van der Waals surface area (Å²) in [5.74, 6) is -0.665. The molecule has 1 saturated heterocycles. The molecule has 11 heteroatoms. The SMILES string of the molecule is C=CCOC1O[C@H](C(O)C(C)=S)[C@@H](OC(=O)CCNC(=O)OCc2ccccc2)[C@H](OCc2ccccc2)[C@H]1OCc1ccccc1. The first kappa shape index (κ1) is 35.9. The summed E-state index contributed by atoms with van der Waals surface area (Å²) in [6, 6.07) is 28.3. The summed E-state index contributed by atoms with van der Waals surface area (Å²) < 4.78 is 36.2. The number of aliphatic hydroxyl groups excluding tert-OH is 1. The molecule has 0 spiro atoms. The van der Waals surface area contributed by atoms with E-state index < -0.39 is 48.9 Å². The lowest BCUT2D eigenvalue weighted by atomic mass is 9.93. The Balaban J connectivity index is 1.52. The maximum atomic E-state index is 13.2. The van der Waals surface area contributed by atoms with Gasteiger partial charge in [-0.25, -0.2) is 4.79 Å². The fraction of sp³-hybridized carbons (Fsp3) is 0.361. The van der Waals surface area contributed by atoms with Crippen LogP contribution in [0.5, 0.6) is 0 Å². The third kappa shape index (κ3) is 11.4. The van der Waals surface area contributed by atoms with Crippen molar-refractivity contribution >= 4 is 29.1 Å².